The Hall–Kier alpha value is -1.55. The van der Waals surface area contributed by atoms with Gasteiger partial charge in [-0.2, -0.15) is 0 Å². The number of esters is 1. The molecule has 18 heavy (non-hydrogen) atoms. The average Bonchev–Trinajstić information content (AvgIpc) is 2.84. The van der Waals surface area contributed by atoms with E-state index in [0.717, 1.165) is 18.7 Å². The summed E-state index contributed by atoms with van der Waals surface area (Å²) in [4.78, 5) is 10.8. The van der Waals surface area contributed by atoms with Crippen LogP contribution in [0.1, 0.15) is 26.2 Å². The van der Waals surface area contributed by atoms with Crippen molar-refractivity contribution in [3.8, 4) is 11.5 Å². The highest BCUT2D eigenvalue weighted by atomic mass is 16.5. The fourth-order valence-corrected chi connectivity index (χ4v) is 2.09. The van der Waals surface area contributed by atoms with E-state index < -0.39 is 0 Å². The molecule has 0 spiro atoms. The number of rotatable bonds is 5. The number of nitrogens with one attached hydrogen (secondary N) is 1. The molecule has 98 valence electrons. The molecule has 0 saturated carbocycles. The molecule has 0 radical (unpaired) electrons. The van der Waals surface area contributed by atoms with Crippen LogP contribution in [0.3, 0.4) is 0 Å². The molecule has 1 atom stereocenters. The molecule has 4 heteroatoms. The van der Waals surface area contributed by atoms with Gasteiger partial charge in [0.2, 0.25) is 0 Å². The zero-order valence-electron chi connectivity index (χ0n) is 10.6. The minimum Gasteiger partial charge on any atom is -0.494 e. The summed E-state index contributed by atoms with van der Waals surface area (Å²) >= 11 is 0. The topological polar surface area (TPSA) is 47.6 Å². The van der Waals surface area contributed by atoms with Gasteiger partial charge in [-0.15, -0.1) is 0 Å². The molecular formula is C14H19NO3. The number of ether oxygens (including phenoxy) is 2. The van der Waals surface area contributed by atoms with Crippen molar-refractivity contribution in [3.63, 3.8) is 0 Å². The lowest BCUT2D eigenvalue weighted by molar-refractivity contribution is -0.131. The van der Waals surface area contributed by atoms with Crippen molar-refractivity contribution in [1.29, 1.82) is 0 Å². The Morgan fingerprint density at radius 1 is 1.33 bits per heavy atom. The van der Waals surface area contributed by atoms with Crippen molar-refractivity contribution in [2.45, 2.75) is 32.2 Å². The van der Waals surface area contributed by atoms with Gasteiger partial charge < -0.3 is 14.8 Å². The summed E-state index contributed by atoms with van der Waals surface area (Å²) in [6.45, 7) is 3.23. The van der Waals surface area contributed by atoms with E-state index in [9.17, 15) is 4.79 Å². The molecule has 0 aliphatic carbocycles. The van der Waals surface area contributed by atoms with E-state index in [-0.39, 0.29) is 5.97 Å². The largest absolute Gasteiger partial charge is 0.494 e. The van der Waals surface area contributed by atoms with Gasteiger partial charge in [0, 0.05) is 13.0 Å². The smallest absolute Gasteiger partial charge is 0.308 e. The van der Waals surface area contributed by atoms with Crippen LogP contribution in [-0.4, -0.2) is 25.2 Å². The van der Waals surface area contributed by atoms with Gasteiger partial charge in [-0.1, -0.05) is 0 Å². The molecule has 1 aliphatic heterocycles. The van der Waals surface area contributed by atoms with Gasteiger partial charge >= 0.3 is 5.97 Å². The van der Waals surface area contributed by atoms with E-state index in [1.165, 1.54) is 19.8 Å². The Kier molecular flexibility index (Phi) is 4.59. The second-order valence-corrected chi connectivity index (χ2v) is 4.50. The van der Waals surface area contributed by atoms with Gasteiger partial charge in [-0.25, -0.2) is 0 Å². The highest BCUT2D eigenvalue weighted by molar-refractivity contribution is 5.69. The van der Waals surface area contributed by atoms with Crippen LogP contribution in [0.4, 0.5) is 0 Å². The third-order valence-corrected chi connectivity index (χ3v) is 2.98. The lowest BCUT2D eigenvalue weighted by Crippen LogP contribution is -2.23. The van der Waals surface area contributed by atoms with Crippen molar-refractivity contribution in [2.24, 2.45) is 0 Å². The van der Waals surface area contributed by atoms with Gasteiger partial charge in [0.1, 0.15) is 11.5 Å². The lowest BCUT2D eigenvalue weighted by Gasteiger charge is -2.11. The summed E-state index contributed by atoms with van der Waals surface area (Å²) in [6, 6.07) is 7.72. The zero-order chi connectivity index (χ0) is 12.8. The van der Waals surface area contributed by atoms with Crippen molar-refractivity contribution < 1.29 is 14.3 Å². The quantitative estimate of drug-likeness (QED) is 0.641. The fourth-order valence-electron chi connectivity index (χ4n) is 2.09. The molecule has 1 aliphatic rings. The molecule has 0 aromatic heterocycles. The zero-order valence-corrected chi connectivity index (χ0v) is 10.6. The van der Waals surface area contributed by atoms with Gasteiger partial charge in [0.15, 0.2) is 0 Å². The first-order chi connectivity index (χ1) is 8.74. The maximum absolute atomic E-state index is 10.8. The molecule has 1 aromatic rings. The number of hydrogen-bond donors (Lipinski definition) is 1. The summed E-state index contributed by atoms with van der Waals surface area (Å²) < 4.78 is 10.6. The van der Waals surface area contributed by atoms with E-state index in [1.807, 2.05) is 12.1 Å². The minimum atomic E-state index is -0.309. The van der Waals surface area contributed by atoms with E-state index in [4.69, 9.17) is 9.47 Å². The summed E-state index contributed by atoms with van der Waals surface area (Å²) in [6.07, 6.45) is 3.54. The van der Waals surface area contributed by atoms with Crippen LogP contribution in [-0.2, 0) is 4.79 Å². The normalized spacial score (nSPS) is 18.6. The van der Waals surface area contributed by atoms with Crippen molar-refractivity contribution >= 4 is 5.97 Å². The molecular weight excluding hydrogens is 230 g/mol. The summed E-state index contributed by atoms with van der Waals surface area (Å²) in [5.74, 6) is 1.05. The Balaban J connectivity index is 1.73. The van der Waals surface area contributed by atoms with Crippen LogP contribution in [0.15, 0.2) is 24.3 Å². The summed E-state index contributed by atoms with van der Waals surface area (Å²) in [7, 11) is 0. The number of benzene rings is 1. The summed E-state index contributed by atoms with van der Waals surface area (Å²) in [5.41, 5.74) is 0. The fraction of sp³-hybridized carbons (Fsp3) is 0.500. The maximum atomic E-state index is 10.8. The first-order valence-corrected chi connectivity index (χ1v) is 6.39. The van der Waals surface area contributed by atoms with E-state index in [2.05, 4.69) is 5.32 Å². The minimum absolute atomic E-state index is 0.309. The van der Waals surface area contributed by atoms with E-state index in [0.29, 0.717) is 18.4 Å². The van der Waals surface area contributed by atoms with Gasteiger partial charge in [0.25, 0.3) is 0 Å². The van der Waals surface area contributed by atoms with Crippen molar-refractivity contribution in [3.05, 3.63) is 24.3 Å². The lowest BCUT2D eigenvalue weighted by atomic mass is 10.2. The predicted octanol–water partition coefficient (Wildman–Crippen LogP) is 2.13. The Morgan fingerprint density at radius 3 is 2.67 bits per heavy atom. The number of carbonyl (C=O) groups is 1. The number of hydrogen-bond acceptors (Lipinski definition) is 4. The Bertz CT molecular complexity index is 383. The third kappa shape index (κ3) is 4.04. The van der Waals surface area contributed by atoms with Crippen molar-refractivity contribution in [2.75, 3.05) is 13.2 Å². The molecule has 0 amide bonds. The first kappa shape index (κ1) is 12.9. The third-order valence-electron chi connectivity index (χ3n) is 2.98. The van der Waals surface area contributed by atoms with E-state index >= 15 is 0 Å². The summed E-state index contributed by atoms with van der Waals surface area (Å²) in [5, 5.41) is 3.44. The maximum Gasteiger partial charge on any atom is 0.308 e. The number of carbonyl (C=O) groups excluding carboxylic acids is 1. The average molecular weight is 249 g/mol. The van der Waals surface area contributed by atoms with Gasteiger partial charge in [0.05, 0.1) is 6.61 Å². The molecule has 1 saturated heterocycles. The second-order valence-electron chi connectivity index (χ2n) is 4.50. The van der Waals surface area contributed by atoms with Crippen LogP contribution in [0.5, 0.6) is 11.5 Å². The van der Waals surface area contributed by atoms with Gasteiger partial charge in [-0.3, -0.25) is 4.79 Å². The molecule has 1 unspecified atom stereocenters. The molecule has 0 bridgehead atoms. The van der Waals surface area contributed by atoms with Crippen LogP contribution in [0, 0.1) is 0 Å². The molecule has 2 rings (SSSR count). The van der Waals surface area contributed by atoms with E-state index in [1.54, 1.807) is 12.1 Å². The standard InChI is InChI=1S/C14H19NO3/c1-11(16)18-14-6-4-13(5-7-14)17-10-8-12-3-2-9-15-12/h4-7,12,15H,2-3,8-10H2,1H3. The Morgan fingerprint density at radius 2 is 2.06 bits per heavy atom. The van der Waals surface area contributed by atoms with Crippen LogP contribution >= 0.6 is 0 Å². The van der Waals surface area contributed by atoms with Crippen LogP contribution < -0.4 is 14.8 Å². The SMILES string of the molecule is CC(=O)Oc1ccc(OCCC2CCCN2)cc1. The highest BCUT2D eigenvalue weighted by Gasteiger charge is 2.13. The second kappa shape index (κ2) is 6.40. The van der Waals surface area contributed by atoms with Crippen LogP contribution in [0.2, 0.25) is 0 Å². The first-order valence-electron chi connectivity index (χ1n) is 6.39. The molecule has 4 nitrogen and oxygen atoms in total. The van der Waals surface area contributed by atoms with Crippen LogP contribution in [0.25, 0.3) is 0 Å². The Labute approximate surface area is 107 Å². The molecule has 1 aromatic carbocycles. The molecule has 1 N–H and O–H groups in total. The van der Waals surface area contributed by atoms with Gasteiger partial charge in [-0.05, 0) is 50.1 Å². The monoisotopic (exact) mass is 249 g/mol. The van der Waals surface area contributed by atoms with Crippen molar-refractivity contribution in [1.82, 2.24) is 5.32 Å². The highest BCUT2D eigenvalue weighted by Crippen LogP contribution is 2.18. The predicted molar refractivity (Wildman–Crippen MR) is 68.9 cm³/mol. The molecule has 1 fully saturated rings. The molecule has 1 heterocycles.